The van der Waals surface area contributed by atoms with E-state index in [4.69, 9.17) is 0 Å². The van der Waals surface area contributed by atoms with E-state index in [1.165, 1.54) is 6.42 Å². The standard InChI is InChI=1S/C12H22N/c1-5-9-13(10-6-2,11-7-3)12-8-4/h5-7,10-11H,1,8-9,12H2,2-4H3/q+1. The molecule has 0 bridgehead atoms. The zero-order chi connectivity index (χ0) is 10.2. The second-order valence-corrected chi connectivity index (χ2v) is 3.26. The van der Waals surface area contributed by atoms with Crippen molar-refractivity contribution in [3.8, 4) is 0 Å². The topological polar surface area (TPSA) is 0 Å². The highest BCUT2D eigenvalue weighted by atomic mass is 15.3. The van der Waals surface area contributed by atoms with Crippen molar-refractivity contribution in [2.75, 3.05) is 13.1 Å². The van der Waals surface area contributed by atoms with Gasteiger partial charge < -0.3 is 0 Å². The van der Waals surface area contributed by atoms with E-state index in [0.717, 1.165) is 17.6 Å². The van der Waals surface area contributed by atoms with Crippen LogP contribution in [0, 0.1) is 0 Å². The Morgan fingerprint density at radius 2 is 1.69 bits per heavy atom. The van der Waals surface area contributed by atoms with Gasteiger partial charge in [0.05, 0.1) is 18.9 Å². The summed E-state index contributed by atoms with van der Waals surface area (Å²) in [5, 5.41) is 0. The van der Waals surface area contributed by atoms with Crippen LogP contribution < -0.4 is 0 Å². The fourth-order valence-electron chi connectivity index (χ4n) is 1.66. The third-order valence-electron chi connectivity index (χ3n) is 2.00. The molecule has 0 aromatic carbocycles. The Morgan fingerprint density at radius 3 is 2.00 bits per heavy atom. The van der Waals surface area contributed by atoms with E-state index < -0.39 is 0 Å². The first-order chi connectivity index (χ1) is 6.24. The molecule has 0 unspecified atom stereocenters. The minimum absolute atomic E-state index is 0.896. The average molecular weight is 180 g/mol. The molecule has 0 fully saturated rings. The Balaban J connectivity index is 4.67. The molecule has 0 heterocycles. The molecule has 0 aromatic heterocycles. The van der Waals surface area contributed by atoms with Gasteiger partial charge in [0.15, 0.2) is 0 Å². The van der Waals surface area contributed by atoms with Crippen LogP contribution in [-0.4, -0.2) is 17.6 Å². The van der Waals surface area contributed by atoms with Gasteiger partial charge in [-0.2, -0.15) is 0 Å². The lowest BCUT2D eigenvalue weighted by atomic mass is 10.3. The monoisotopic (exact) mass is 180 g/mol. The molecule has 0 aliphatic carbocycles. The molecule has 1 nitrogen and oxygen atoms in total. The molecule has 0 saturated heterocycles. The Kier molecular flexibility index (Phi) is 6.25. The lowest BCUT2D eigenvalue weighted by Gasteiger charge is -2.29. The van der Waals surface area contributed by atoms with Crippen LogP contribution in [0.15, 0.2) is 37.2 Å². The largest absolute Gasteiger partial charge is 0.268 e. The van der Waals surface area contributed by atoms with Gasteiger partial charge >= 0.3 is 0 Å². The SMILES string of the molecule is C=CC[N+](C=CC)(C=CC)CCC. The van der Waals surface area contributed by atoms with Gasteiger partial charge in [0.2, 0.25) is 0 Å². The molecular weight excluding hydrogens is 158 g/mol. The van der Waals surface area contributed by atoms with Crippen LogP contribution in [0.1, 0.15) is 27.2 Å². The number of allylic oxidation sites excluding steroid dienone is 2. The van der Waals surface area contributed by atoms with Crippen molar-refractivity contribution >= 4 is 0 Å². The molecule has 13 heavy (non-hydrogen) atoms. The second kappa shape index (κ2) is 6.67. The van der Waals surface area contributed by atoms with Crippen LogP contribution in [0.5, 0.6) is 0 Å². The van der Waals surface area contributed by atoms with Crippen molar-refractivity contribution in [3.63, 3.8) is 0 Å². The lowest BCUT2D eigenvalue weighted by Crippen LogP contribution is -2.37. The number of hydrogen-bond donors (Lipinski definition) is 0. The van der Waals surface area contributed by atoms with Crippen molar-refractivity contribution in [3.05, 3.63) is 37.2 Å². The lowest BCUT2D eigenvalue weighted by molar-refractivity contribution is -0.821. The van der Waals surface area contributed by atoms with Crippen LogP contribution in [-0.2, 0) is 0 Å². The van der Waals surface area contributed by atoms with E-state index in [1.807, 2.05) is 6.08 Å². The molecule has 0 radical (unpaired) electrons. The Labute approximate surface area is 82.7 Å². The number of hydrogen-bond acceptors (Lipinski definition) is 0. The van der Waals surface area contributed by atoms with Crippen LogP contribution in [0.25, 0.3) is 0 Å². The number of quaternary nitrogens is 1. The van der Waals surface area contributed by atoms with Gasteiger partial charge in [-0.1, -0.05) is 13.5 Å². The minimum Gasteiger partial charge on any atom is -0.268 e. The summed E-state index contributed by atoms with van der Waals surface area (Å²) in [6, 6.07) is 0. The third kappa shape index (κ3) is 4.09. The minimum atomic E-state index is 0.896. The first-order valence-electron chi connectivity index (χ1n) is 4.99. The summed E-state index contributed by atoms with van der Waals surface area (Å²) in [7, 11) is 0. The highest BCUT2D eigenvalue weighted by Gasteiger charge is 2.17. The zero-order valence-electron chi connectivity index (χ0n) is 9.16. The molecule has 0 saturated carbocycles. The fraction of sp³-hybridized carbons (Fsp3) is 0.500. The third-order valence-corrected chi connectivity index (χ3v) is 2.00. The van der Waals surface area contributed by atoms with Gasteiger partial charge in [0.25, 0.3) is 0 Å². The smallest absolute Gasteiger partial charge is 0.105 e. The summed E-state index contributed by atoms with van der Waals surface area (Å²) in [5.41, 5.74) is 0. The molecule has 1 heteroatoms. The highest BCUT2D eigenvalue weighted by molar-refractivity contribution is 4.81. The number of nitrogens with zero attached hydrogens (tertiary/aromatic N) is 1. The molecule has 0 atom stereocenters. The predicted molar refractivity (Wildman–Crippen MR) is 60.1 cm³/mol. The predicted octanol–water partition coefficient (Wildman–Crippen LogP) is 3.47. The maximum absolute atomic E-state index is 3.81. The van der Waals surface area contributed by atoms with E-state index in [-0.39, 0.29) is 0 Å². The summed E-state index contributed by atoms with van der Waals surface area (Å²) in [4.78, 5) is 0. The maximum atomic E-state index is 3.81. The molecule has 74 valence electrons. The van der Waals surface area contributed by atoms with E-state index >= 15 is 0 Å². The number of rotatable bonds is 6. The summed E-state index contributed by atoms with van der Waals surface area (Å²) >= 11 is 0. The van der Waals surface area contributed by atoms with Crippen molar-refractivity contribution in [1.82, 2.24) is 0 Å². The second-order valence-electron chi connectivity index (χ2n) is 3.26. The summed E-state index contributed by atoms with van der Waals surface area (Å²) in [6.07, 6.45) is 11.8. The zero-order valence-corrected chi connectivity index (χ0v) is 9.16. The molecule has 0 N–H and O–H groups in total. The first kappa shape index (κ1) is 12.2. The van der Waals surface area contributed by atoms with Gasteiger partial charge in [-0.05, 0) is 38.5 Å². The van der Waals surface area contributed by atoms with Gasteiger partial charge in [-0.3, -0.25) is 4.48 Å². The molecule has 0 amide bonds. The molecule has 0 aromatic rings. The molecule has 0 rings (SSSR count). The highest BCUT2D eigenvalue weighted by Crippen LogP contribution is 2.11. The quantitative estimate of drug-likeness (QED) is 0.434. The van der Waals surface area contributed by atoms with E-state index in [0.29, 0.717) is 0 Å². The van der Waals surface area contributed by atoms with Gasteiger partial charge in [0.1, 0.15) is 6.54 Å². The van der Waals surface area contributed by atoms with Gasteiger partial charge in [-0.15, -0.1) is 0 Å². The van der Waals surface area contributed by atoms with E-state index in [9.17, 15) is 0 Å². The van der Waals surface area contributed by atoms with Gasteiger partial charge in [-0.25, -0.2) is 0 Å². The molecule has 0 spiro atoms. The molecule has 0 aliphatic heterocycles. The van der Waals surface area contributed by atoms with Crippen LogP contribution in [0.4, 0.5) is 0 Å². The average Bonchev–Trinajstić information content (AvgIpc) is 2.06. The molecule has 0 aliphatic rings. The van der Waals surface area contributed by atoms with Crippen molar-refractivity contribution in [2.24, 2.45) is 0 Å². The first-order valence-corrected chi connectivity index (χ1v) is 4.99. The fourth-order valence-corrected chi connectivity index (χ4v) is 1.66. The van der Waals surface area contributed by atoms with Crippen molar-refractivity contribution < 1.29 is 4.48 Å². The van der Waals surface area contributed by atoms with E-state index in [2.05, 4.69) is 51.9 Å². The Hall–Kier alpha value is -0.820. The van der Waals surface area contributed by atoms with Crippen molar-refractivity contribution in [1.29, 1.82) is 0 Å². The summed E-state index contributed by atoms with van der Waals surface area (Å²) in [6.45, 7) is 12.3. The maximum Gasteiger partial charge on any atom is 0.105 e. The van der Waals surface area contributed by atoms with Crippen LogP contribution >= 0.6 is 0 Å². The Bertz CT molecular complexity index is 177. The molecular formula is C12H22N+. The normalized spacial score (nSPS) is 16.5. The van der Waals surface area contributed by atoms with Gasteiger partial charge in [0, 0.05) is 0 Å². The van der Waals surface area contributed by atoms with Crippen LogP contribution in [0.2, 0.25) is 0 Å². The summed E-state index contributed by atoms with van der Waals surface area (Å²) in [5.74, 6) is 0. The van der Waals surface area contributed by atoms with Crippen molar-refractivity contribution in [2.45, 2.75) is 27.2 Å². The summed E-state index contributed by atoms with van der Waals surface area (Å²) < 4.78 is 0.896. The van der Waals surface area contributed by atoms with E-state index in [1.54, 1.807) is 0 Å². The van der Waals surface area contributed by atoms with Crippen LogP contribution in [0.3, 0.4) is 0 Å². The Morgan fingerprint density at radius 1 is 1.15 bits per heavy atom.